The molecule has 2 N–H and O–H groups in total. The van der Waals surface area contributed by atoms with Crippen molar-refractivity contribution < 1.29 is 19.8 Å². The molecular weight excluding hydrogens is 193 g/mol. The maximum Gasteiger partial charge on any atom is 0.355 e. The van der Waals surface area contributed by atoms with E-state index < -0.39 is 17.6 Å². The first-order valence-electron chi connectivity index (χ1n) is 3.04. The summed E-state index contributed by atoms with van der Waals surface area (Å²) in [5, 5.41) is 17.0. The van der Waals surface area contributed by atoms with E-state index in [-0.39, 0.29) is 15.5 Å². The Morgan fingerprint density at radius 2 is 1.85 bits per heavy atom. The highest BCUT2D eigenvalue weighted by Gasteiger charge is 2.15. The molecule has 1 rings (SSSR count). The first-order chi connectivity index (χ1) is 5.63. The number of carboxylic acid groups (broad SMARTS) is 2. The normalized spacial score (nSPS) is 8.62. The van der Waals surface area contributed by atoms with Crippen LogP contribution in [0.15, 0.2) is 18.3 Å². The molecule has 1 aromatic heterocycles. The Kier molecular flexibility index (Phi) is 4.01. The second kappa shape index (κ2) is 4.52. The zero-order valence-corrected chi connectivity index (χ0v) is 8.01. The van der Waals surface area contributed by atoms with Gasteiger partial charge >= 0.3 is 11.9 Å². The molecule has 0 spiro atoms. The van der Waals surface area contributed by atoms with Crippen molar-refractivity contribution in [3.63, 3.8) is 0 Å². The van der Waals surface area contributed by atoms with E-state index in [0.717, 1.165) is 0 Å². The van der Waals surface area contributed by atoms with Crippen LogP contribution in [-0.2, 0) is 0 Å². The average Bonchev–Trinajstić information content (AvgIpc) is 2.04. The number of rotatable bonds is 2. The van der Waals surface area contributed by atoms with Crippen molar-refractivity contribution in [3.05, 3.63) is 29.6 Å². The predicted octanol–water partition coefficient (Wildman–Crippen LogP) is 0.536. The van der Waals surface area contributed by atoms with Gasteiger partial charge in [0.1, 0.15) is 0 Å². The third-order valence-electron chi connectivity index (χ3n) is 1.24. The van der Waals surface area contributed by atoms with Gasteiger partial charge in [0.15, 0.2) is 5.69 Å². The van der Waals surface area contributed by atoms with Crippen molar-refractivity contribution in [1.29, 1.82) is 0 Å². The predicted molar refractivity (Wildman–Crippen MR) is 49.3 cm³/mol. The summed E-state index contributed by atoms with van der Waals surface area (Å²) in [4.78, 5) is 24.2. The second-order valence-corrected chi connectivity index (χ2v) is 2.01. The molecule has 0 aliphatic rings. The highest BCUT2D eigenvalue weighted by atomic mass is 31.0. The quantitative estimate of drug-likeness (QED) is 0.681. The van der Waals surface area contributed by atoms with Gasteiger partial charge in [-0.25, -0.2) is 14.6 Å². The molecule has 0 saturated carbocycles. The van der Waals surface area contributed by atoms with E-state index in [1.807, 2.05) is 0 Å². The Labute approximate surface area is 77.0 Å². The van der Waals surface area contributed by atoms with Crippen LogP contribution in [0, 0.1) is 0 Å². The first-order valence-corrected chi connectivity index (χ1v) is 3.04. The number of pyridine rings is 1. The largest absolute Gasteiger partial charge is 0.478 e. The fourth-order valence-electron chi connectivity index (χ4n) is 0.748. The van der Waals surface area contributed by atoms with E-state index in [9.17, 15) is 9.59 Å². The van der Waals surface area contributed by atoms with Crippen molar-refractivity contribution in [2.45, 2.75) is 0 Å². The van der Waals surface area contributed by atoms with Crippen molar-refractivity contribution >= 4 is 21.8 Å². The van der Waals surface area contributed by atoms with E-state index >= 15 is 0 Å². The summed E-state index contributed by atoms with van der Waals surface area (Å²) in [5.41, 5.74) is -0.741. The number of nitrogens with zero attached hydrogens (tertiary/aromatic N) is 1. The van der Waals surface area contributed by atoms with Crippen LogP contribution in [0.1, 0.15) is 20.8 Å². The molecule has 0 radical (unpaired) electrons. The minimum Gasteiger partial charge on any atom is -0.478 e. The summed E-state index contributed by atoms with van der Waals surface area (Å²) in [6.07, 6.45) is 1.23. The summed E-state index contributed by atoms with van der Waals surface area (Å²) in [6, 6.07) is 2.56. The summed E-state index contributed by atoms with van der Waals surface area (Å²) in [7, 11) is 0. The molecule has 0 saturated heterocycles. The van der Waals surface area contributed by atoms with Crippen molar-refractivity contribution in [2.24, 2.45) is 0 Å². The van der Waals surface area contributed by atoms with Gasteiger partial charge in [-0.1, -0.05) is 0 Å². The summed E-state index contributed by atoms with van der Waals surface area (Å²) in [6.45, 7) is 0. The molecule has 0 aliphatic carbocycles. The van der Waals surface area contributed by atoms with Gasteiger partial charge < -0.3 is 10.2 Å². The minimum absolute atomic E-state index is 0. The first kappa shape index (κ1) is 11.5. The van der Waals surface area contributed by atoms with E-state index in [1.165, 1.54) is 18.3 Å². The van der Waals surface area contributed by atoms with Gasteiger partial charge in [0.25, 0.3) is 0 Å². The Morgan fingerprint density at radius 3 is 2.23 bits per heavy atom. The van der Waals surface area contributed by atoms with Gasteiger partial charge in [-0.3, -0.25) is 0 Å². The van der Waals surface area contributed by atoms with Gasteiger partial charge in [-0.05, 0) is 12.1 Å². The van der Waals surface area contributed by atoms with Gasteiger partial charge in [0.05, 0.1) is 5.56 Å². The highest BCUT2D eigenvalue weighted by Crippen LogP contribution is 2.04. The molecule has 1 atom stereocenters. The standard InChI is InChI=1S/C7H5NO4.H3P/c9-6(10)4-2-1-3-8-5(4)7(11)12;/h1-3H,(H,9,10)(H,11,12);1H3. The van der Waals surface area contributed by atoms with Gasteiger partial charge in [-0.15, -0.1) is 0 Å². The number of aromatic nitrogens is 1. The zero-order valence-electron chi connectivity index (χ0n) is 6.60. The van der Waals surface area contributed by atoms with Gasteiger partial charge in [0.2, 0.25) is 0 Å². The van der Waals surface area contributed by atoms with Crippen molar-refractivity contribution in [3.8, 4) is 0 Å². The summed E-state index contributed by atoms with van der Waals surface area (Å²) in [5.74, 6) is -2.63. The lowest BCUT2D eigenvalue weighted by Gasteiger charge is -1.97. The summed E-state index contributed by atoms with van der Waals surface area (Å²) >= 11 is 0. The molecular formula is C7H8NO4P. The molecule has 1 aromatic rings. The van der Waals surface area contributed by atoms with Crippen LogP contribution in [0.4, 0.5) is 0 Å². The SMILES string of the molecule is O=C(O)c1cccnc1C(=O)O.P. The van der Waals surface area contributed by atoms with Crippen LogP contribution >= 0.6 is 9.90 Å². The molecule has 0 amide bonds. The van der Waals surface area contributed by atoms with Crippen LogP contribution < -0.4 is 0 Å². The number of hydrogen-bond acceptors (Lipinski definition) is 3. The van der Waals surface area contributed by atoms with Gasteiger partial charge in [0, 0.05) is 6.20 Å². The molecule has 5 nitrogen and oxygen atoms in total. The lowest BCUT2D eigenvalue weighted by Crippen LogP contribution is -2.09. The monoisotopic (exact) mass is 201 g/mol. The zero-order chi connectivity index (χ0) is 9.14. The van der Waals surface area contributed by atoms with Crippen LogP contribution in [0.3, 0.4) is 0 Å². The van der Waals surface area contributed by atoms with Crippen LogP contribution in [0.2, 0.25) is 0 Å². The van der Waals surface area contributed by atoms with E-state index in [1.54, 1.807) is 0 Å². The Hall–Kier alpha value is -1.48. The smallest absolute Gasteiger partial charge is 0.355 e. The molecule has 0 bridgehead atoms. The molecule has 6 heteroatoms. The lowest BCUT2D eigenvalue weighted by atomic mass is 10.2. The van der Waals surface area contributed by atoms with E-state index in [4.69, 9.17) is 10.2 Å². The van der Waals surface area contributed by atoms with Crippen molar-refractivity contribution in [1.82, 2.24) is 4.98 Å². The number of hydrogen-bond donors (Lipinski definition) is 2. The molecule has 70 valence electrons. The third kappa shape index (κ3) is 2.49. The van der Waals surface area contributed by atoms with Gasteiger partial charge in [-0.2, -0.15) is 9.90 Å². The molecule has 1 unspecified atom stereocenters. The van der Waals surface area contributed by atoms with Crippen LogP contribution in [0.25, 0.3) is 0 Å². The summed E-state index contributed by atoms with van der Waals surface area (Å²) < 4.78 is 0. The molecule has 0 aliphatic heterocycles. The molecule has 13 heavy (non-hydrogen) atoms. The number of aromatic carboxylic acids is 2. The Morgan fingerprint density at radius 1 is 1.23 bits per heavy atom. The lowest BCUT2D eigenvalue weighted by molar-refractivity contribution is 0.0646. The van der Waals surface area contributed by atoms with E-state index in [2.05, 4.69) is 4.98 Å². The molecule has 0 fully saturated rings. The van der Waals surface area contributed by atoms with Crippen molar-refractivity contribution in [2.75, 3.05) is 0 Å². The second-order valence-electron chi connectivity index (χ2n) is 2.01. The maximum atomic E-state index is 10.4. The maximum absolute atomic E-state index is 10.4. The minimum atomic E-state index is -1.34. The van der Waals surface area contributed by atoms with Crippen LogP contribution in [0.5, 0.6) is 0 Å². The fourth-order valence-corrected chi connectivity index (χ4v) is 0.748. The number of carbonyl (C=O) groups is 2. The Balaban J connectivity index is 0.00000144. The molecule has 1 heterocycles. The topological polar surface area (TPSA) is 87.5 Å². The average molecular weight is 201 g/mol. The Bertz CT molecular complexity index is 306. The fraction of sp³-hybridized carbons (Fsp3) is 0. The third-order valence-corrected chi connectivity index (χ3v) is 1.24. The van der Waals surface area contributed by atoms with E-state index in [0.29, 0.717) is 0 Å². The van der Waals surface area contributed by atoms with Crippen LogP contribution in [-0.4, -0.2) is 27.1 Å². The highest BCUT2D eigenvalue weighted by molar-refractivity contribution is 6.92. The number of carboxylic acids is 2. The molecule has 0 aromatic carbocycles.